The van der Waals surface area contributed by atoms with Crippen molar-refractivity contribution in [3.8, 4) is 5.75 Å². The van der Waals surface area contributed by atoms with Gasteiger partial charge in [-0.2, -0.15) is 0 Å². The monoisotopic (exact) mass is 348 g/mol. The summed E-state index contributed by atoms with van der Waals surface area (Å²) in [4.78, 5) is 26.3. The van der Waals surface area contributed by atoms with Crippen LogP contribution in [0.3, 0.4) is 0 Å². The smallest absolute Gasteiger partial charge is 0.226 e. The number of amides is 2. The molecule has 1 atom stereocenters. The number of fused-ring (bicyclic) bond motifs is 2. The fraction of sp³-hybridized carbons (Fsp3) is 0.238. The van der Waals surface area contributed by atoms with Crippen molar-refractivity contribution in [2.75, 3.05) is 11.9 Å². The van der Waals surface area contributed by atoms with Crippen molar-refractivity contribution < 1.29 is 14.3 Å². The predicted molar refractivity (Wildman–Crippen MR) is 99.6 cm³/mol. The van der Waals surface area contributed by atoms with Crippen LogP contribution in [0.25, 0.3) is 6.08 Å². The van der Waals surface area contributed by atoms with E-state index in [2.05, 4.69) is 5.32 Å². The first-order valence-electron chi connectivity index (χ1n) is 8.73. The van der Waals surface area contributed by atoms with Crippen LogP contribution in [0.1, 0.15) is 36.1 Å². The molecule has 5 heteroatoms. The highest BCUT2D eigenvalue weighted by Crippen LogP contribution is 2.33. The number of hydrogen-bond donors (Lipinski definition) is 1. The van der Waals surface area contributed by atoms with Crippen LogP contribution in [-0.2, 0) is 16.0 Å². The molecule has 2 aliphatic heterocycles. The SMILES string of the molecule is CC(=O)N1C=Cc2ccccc2[C@H]1CC(=O)Nc1ccc2c(c1)CCO2. The van der Waals surface area contributed by atoms with Gasteiger partial charge in [0.05, 0.1) is 19.1 Å². The zero-order chi connectivity index (χ0) is 18.1. The Labute approximate surface area is 152 Å². The fourth-order valence-corrected chi connectivity index (χ4v) is 3.57. The Balaban J connectivity index is 1.53. The Hall–Kier alpha value is -3.08. The molecule has 0 unspecified atom stereocenters. The van der Waals surface area contributed by atoms with E-state index >= 15 is 0 Å². The van der Waals surface area contributed by atoms with Crippen LogP contribution in [0.2, 0.25) is 0 Å². The quantitative estimate of drug-likeness (QED) is 0.923. The third-order valence-corrected chi connectivity index (χ3v) is 4.82. The summed E-state index contributed by atoms with van der Waals surface area (Å²) in [5.74, 6) is 0.686. The lowest BCUT2D eigenvalue weighted by Crippen LogP contribution is -2.33. The van der Waals surface area contributed by atoms with Crippen molar-refractivity contribution in [3.05, 3.63) is 65.4 Å². The van der Waals surface area contributed by atoms with E-state index in [0.29, 0.717) is 6.61 Å². The summed E-state index contributed by atoms with van der Waals surface area (Å²) in [6.07, 6.45) is 4.73. The van der Waals surface area contributed by atoms with Crippen LogP contribution in [0.4, 0.5) is 5.69 Å². The molecular formula is C21H20N2O3. The molecule has 1 N–H and O–H groups in total. The van der Waals surface area contributed by atoms with Gasteiger partial charge in [-0.05, 0) is 41.0 Å². The Morgan fingerprint density at radius 3 is 2.92 bits per heavy atom. The number of rotatable bonds is 3. The van der Waals surface area contributed by atoms with Gasteiger partial charge in [0.25, 0.3) is 0 Å². The molecule has 0 fully saturated rings. The van der Waals surface area contributed by atoms with Crippen LogP contribution < -0.4 is 10.1 Å². The zero-order valence-electron chi connectivity index (χ0n) is 14.6. The van der Waals surface area contributed by atoms with Crippen molar-refractivity contribution in [1.82, 2.24) is 4.90 Å². The molecule has 0 radical (unpaired) electrons. The van der Waals surface area contributed by atoms with E-state index in [9.17, 15) is 9.59 Å². The minimum atomic E-state index is -0.300. The first-order chi connectivity index (χ1) is 12.6. The standard InChI is InChI=1S/C21H20N2O3/c1-14(24)23-10-8-15-4-2-3-5-18(15)19(23)13-21(25)22-17-6-7-20-16(12-17)9-11-26-20/h2-8,10,12,19H,9,11,13H2,1H3,(H,22,25)/t19-/m1/s1. The molecular weight excluding hydrogens is 328 g/mol. The van der Waals surface area contributed by atoms with Gasteiger partial charge in [-0.25, -0.2) is 0 Å². The average Bonchev–Trinajstić information content (AvgIpc) is 3.09. The maximum absolute atomic E-state index is 12.7. The van der Waals surface area contributed by atoms with E-state index in [0.717, 1.165) is 34.5 Å². The average molecular weight is 348 g/mol. The number of nitrogens with zero attached hydrogens (tertiary/aromatic N) is 1. The number of nitrogens with one attached hydrogen (secondary N) is 1. The minimum Gasteiger partial charge on any atom is -0.493 e. The zero-order valence-corrected chi connectivity index (χ0v) is 14.6. The lowest BCUT2D eigenvalue weighted by Gasteiger charge is -2.32. The third-order valence-electron chi connectivity index (χ3n) is 4.82. The minimum absolute atomic E-state index is 0.0803. The lowest BCUT2D eigenvalue weighted by molar-refractivity contribution is -0.129. The number of carbonyl (C=O) groups excluding carboxylic acids is 2. The highest BCUT2D eigenvalue weighted by Gasteiger charge is 2.28. The molecule has 2 heterocycles. The van der Waals surface area contributed by atoms with Crippen LogP contribution in [0.15, 0.2) is 48.7 Å². The van der Waals surface area contributed by atoms with E-state index < -0.39 is 0 Å². The summed E-state index contributed by atoms with van der Waals surface area (Å²) in [6, 6.07) is 13.2. The Morgan fingerprint density at radius 1 is 1.23 bits per heavy atom. The van der Waals surface area contributed by atoms with Gasteiger partial charge in [0, 0.05) is 25.2 Å². The molecule has 0 saturated heterocycles. The number of anilines is 1. The first kappa shape index (κ1) is 16.4. The molecule has 0 aliphatic carbocycles. The molecule has 2 aromatic rings. The molecule has 0 aromatic heterocycles. The maximum atomic E-state index is 12.7. The molecule has 0 spiro atoms. The Bertz CT molecular complexity index is 904. The predicted octanol–water partition coefficient (Wildman–Crippen LogP) is 3.52. The molecule has 26 heavy (non-hydrogen) atoms. The Morgan fingerprint density at radius 2 is 2.08 bits per heavy atom. The van der Waals surface area contributed by atoms with Gasteiger partial charge in [0.2, 0.25) is 11.8 Å². The van der Waals surface area contributed by atoms with Crippen molar-refractivity contribution in [1.29, 1.82) is 0 Å². The first-order valence-corrected chi connectivity index (χ1v) is 8.73. The van der Waals surface area contributed by atoms with Gasteiger partial charge in [-0.1, -0.05) is 24.3 Å². The van der Waals surface area contributed by atoms with Gasteiger partial charge in [0.15, 0.2) is 0 Å². The summed E-state index contributed by atoms with van der Waals surface area (Å²) >= 11 is 0. The van der Waals surface area contributed by atoms with Gasteiger partial charge < -0.3 is 15.0 Å². The second kappa shape index (κ2) is 6.67. The number of carbonyl (C=O) groups is 2. The van der Waals surface area contributed by atoms with E-state index in [-0.39, 0.29) is 24.3 Å². The molecule has 2 aliphatic rings. The summed E-state index contributed by atoms with van der Waals surface area (Å²) in [6.45, 7) is 2.20. The largest absolute Gasteiger partial charge is 0.493 e. The molecule has 5 nitrogen and oxygen atoms in total. The van der Waals surface area contributed by atoms with Crippen molar-refractivity contribution in [2.45, 2.75) is 25.8 Å². The number of hydrogen-bond acceptors (Lipinski definition) is 3. The normalized spacial score (nSPS) is 17.3. The maximum Gasteiger partial charge on any atom is 0.226 e. The second-order valence-electron chi connectivity index (χ2n) is 6.56. The van der Waals surface area contributed by atoms with Crippen LogP contribution in [-0.4, -0.2) is 23.3 Å². The number of ether oxygens (including phenoxy) is 1. The summed E-state index contributed by atoms with van der Waals surface area (Å²) < 4.78 is 5.49. The van der Waals surface area contributed by atoms with Gasteiger partial charge in [0.1, 0.15) is 5.75 Å². The number of benzene rings is 2. The van der Waals surface area contributed by atoms with Gasteiger partial charge in [-0.15, -0.1) is 0 Å². The Kier molecular flexibility index (Phi) is 4.21. The van der Waals surface area contributed by atoms with Crippen LogP contribution in [0, 0.1) is 0 Å². The fourth-order valence-electron chi connectivity index (χ4n) is 3.57. The summed E-state index contributed by atoms with van der Waals surface area (Å²) in [7, 11) is 0. The molecule has 2 amide bonds. The van der Waals surface area contributed by atoms with E-state index in [1.807, 2.05) is 48.5 Å². The van der Waals surface area contributed by atoms with Gasteiger partial charge >= 0.3 is 0 Å². The molecule has 2 aromatic carbocycles. The van der Waals surface area contributed by atoms with Crippen LogP contribution in [0.5, 0.6) is 5.75 Å². The van der Waals surface area contributed by atoms with Gasteiger partial charge in [-0.3, -0.25) is 9.59 Å². The third kappa shape index (κ3) is 3.08. The van der Waals surface area contributed by atoms with Crippen molar-refractivity contribution in [2.24, 2.45) is 0 Å². The van der Waals surface area contributed by atoms with E-state index in [1.165, 1.54) is 6.92 Å². The van der Waals surface area contributed by atoms with Crippen LogP contribution >= 0.6 is 0 Å². The molecule has 132 valence electrons. The molecule has 4 rings (SSSR count). The highest BCUT2D eigenvalue weighted by molar-refractivity contribution is 5.92. The molecule has 0 bridgehead atoms. The topological polar surface area (TPSA) is 58.6 Å². The summed E-state index contributed by atoms with van der Waals surface area (Å²) in [5, 5.41) is 2.95. The van der Waals surface area contributed by atoms with E-state index in [1.54, 1.807) is 11.1 Å². The summed E-state index contributed by atoms with van der Waals surface area (Å²) in [5.41, 5.74) is 3.90. The lowest BCUT2D eigenvalue weighted by atomic mass is 9.93. The van der Waals surface area contributed by atoms with Crippen molar-refractivity contribution in [3.63, 3.8) is 0 Å². The van der Waals surface area contributed by atoms with Crippen molar-refractivity contribution >= 4 is 23.6 Å². The molecule has 0 saturated carbocycles. The van der Waals surface area contributed by atoms with E-state index in [4.69, 9.17) is 4.74 Å². The highest BCUT2D eigenvalue weighted by atomic mass is 16.5. The second-order valence-corrected chi connectivity index (χ2v) is 6.56.